The second-order valence-electron chi connectivity index (χ2n) is 6.72. The number of nitrogens with two attached hydrogens (primary N) is 1. The van der Waals surface area contributed by atoms with Gasteiger partial charge in [0.1, 0.15) is 23.1 Å². The first-order chi connectivity index (χ1) is 16.0. The van der Waals surface area contributed by atoms with Gasteiger partial charge in [0.25, 0.3) is 11.9 Å². The van der Waals surface area contributed by atoms with Gasteiger partial charge in [-0.25, -0.2) is 19.6 Å². The zero-order valence-corrected chi connectivity index (χ0v) is 18.4. The molecule has 0 saturated heterocycles. The molecule has 170 valence electrons. The highest BCUT2D eigenvalue weighted by Gasteiger charge is 2.20. The van der Waals surface area contributed by atoms with Crippen LogP contribution in [0.1, 0.15) is 27.9 Å². The van der Waals surface area contributed by atoms with Crippen LogP contribution < -0.4 is 16.4 Å². The fourth-order valence-electron chi connectivity index (χ4n) is 2.97. The van der Waals surface area contributed by atoms with Crippen molar-refractivity contribution in [1.82, 2.24) is 24.7 Å². The Morgan fingerprint density at radius 3 is 2.70 bits per heavy atom. The molecular weight excluding hydrogens is 426 g/mol. The summed E-state index contributed by atoms with van der Waals surface area (Å²) < 4.78 is 6.41. The first kappa shape index (κ1) is 23.2. The molecule has 0 aliphatic carbocycles. The van der Waals surface area contributed by atoms with E-state index in [-0.39, 0.29) is 22.9 Å². The van der Waals surface area contributed by atoms with Gasteiger partial charge >= 0.3 is 0 Å². The molecule has 0 bridgehead atoms. The fourth-order valence-corrected chi connectivity index (χ4v) is 2.97. The molecule has 0 fully saturated rings. The predicted molar refractivity (Wildman–Crippen MR) is 120 cm³/mol. The van der Waals surface area contributed by atoms with Crippen LogP contribution in [0.3, 0.4) is 0 Å². The summed E-state index contributed by atoms with van der Waals surface area (Å²) in [5, 5.41) is 28.2. The predicted octanol–water partition coefficient (Wildman–Crippen LogP) is 2.24. The quantitative estimate of drug-likeness (QED) is 0.309. The average Bonchev–Trinajstić information content (AvgIpc) is 3.24. The lowest BCUT2D eigenvalue weighted by Crippen LogP contribution is -2.18. The topological polar surface area (TPSA) is 181 Å². The number of primary amides is 1. The van der Waals surface area contributed by atoms with E-state index in [0.29, 0.717) is 36.0 Å². The average molecular weight is 449 g/mol. The Hall–Kier alpha value is -4.44. The third kappa shape index (κ3) is 5.25. The normalized spacial score (nSPS) is 10.8. The second kappa shape index (κ2) is 10.7. The standard InChI is InChI=1S/C20H23N11O2/c1-12-14(16(22)32)18(23-2)27-19(24-8-5-9-33-3)15(12)28-29-17-13(10-21)11-31(30-17)20-25-6-4-7-26-20/h4,6-7,11H,5,8-9H2,1-3H3,(H2,22,32)(H2,23,24,27). The molecule has 0 radical (unpaired) electrons. The van der Waals surface area contributed by atoms with Gasteiger partial charge in [-0.1, -0.05) is 0 Å². The summed E-state index contributed by atoms with van der Waals surface area (Å²) in [5.74, 6) is 0.397. The van der Waals surface area contributed by atoms with Crippen molar-refractivity contribution in [3.63, 3.8) is 0 Å². The van der Waals surface area contributed by atoms with E-state index >= 15 is 0 Å². The van der Waals surface area contributed by atoms with E-state index < -0.39 is 5.91 Å². The van der Waals surface area contributed by atoms with Crippen LogP contribution >= 0.6 is 0 Å². The van der Waals surface area contributed by atoms with E-state index in [9.17, 15) is 10.1 Å². The molecule has 0 saturated carbocycles. The van der Waals surface area contributed by atoms with Crippen LogP contribution in [-0.4, -0.2) is 57.9 Å². The van der Waals surface area contributed by atoms with Crippen molar-refractivity contribution in [3.05, 3.63) is 41.3 Å². The number of rotatable bonds is 10. The molecule has 33 heavy (non-hydrogen) atoms. The minimum absolute atomic E-state index is 0.0630. The van der Waals surface area contributed by atoms with Crippen LogP contribution in [0.5, 0.6) is 0 Å². The Labute approximate surface area is 189 Å². The van der Waals surface area contributed by atoms with Gasteiger partial charge in [-0.3, -0.25) is 4.79 Å². The Balaban J connectivity index is 2.04. The first-order valence-electron chi connectivity index (χ1n) is 9.94. The fraction of sp³-hybridized carbons (Fsp3) is 0.300. The number of nitrogens with one attached hydrogen (secondary N) is 2. The molecular formula is C20H23N11O2. The van der Waals surface area contributed by atoms with Gasteiger partial charge in [0.15, 0.2) is 5.82 Å². The number of azo groups is 1. The minimum atomic E-state index is -0.657. The van der Waals surface area contributed by atoms with Gasteiger partial charge in [0, 0.05) is 39.7 Å². The van der Waals surface area contributed by atoms with Crippen LogP contribution in [0.25, 0.3) is 5.95 Å². The van der Waals surface area contributed by atoms with Crippen LogP contribution in [0.15, 0.2) is 34.9 Å². The van der Waals surface area contributed by atoms with Crippen molar-refractivity contribution in [3.8, 4) is 12.0 Å². The van der Waals surface area contributed by atoms with Crippen molar-refractivity contribution < 1.29 is 9.53 Å². The SMILES string of the molecule is CNc1nc(NCCCOC)c(N=Nc2nn(-c3ncccn3)cc2C#N)c(C)c1C(N)=O. The minimum Gasteiger partial charge on any atom is -0.385 e. The highest BCUT2D eigenvalue weighted by Crippen LogP contribution is 2.35. The number of hydrogen-bond donors (Lipinski definition) is 3. The Bertz CT molecular complexity index is 1200. The number of carbonyl (C=O) groups excluding carboxylic acids is 1. The number of nitrogens with zero attached hydrogens (tertiary/aromatic N) is 8. The van der Waals surface area contributed by atoms with E-state index in [1.54, 1.807) is 39.5 Å². The van der Waals surface area contributed by atoms with E-state index in [0.717, 1.165) is 6.42 Å². The number of nitriles is 1. The van der Waals surface area contributed by atoms with Gasteiger partial charge in [-0.15, -0.1) is 15.3 Å². The molecule has 1 amide bonds. The number of anilines is 2. The van der Waals surface area contributed by atoms with Crippen molar-refractivity contribution in [2.45, 2.75) is 13.3 Å². The lowest BCUT2D eigenvalue weighted by atomic mass is 10.1. The molecule has 13 heteroatoms. The lowest BCUT2D eigenvalue weighted by molar-refractivity contribution is 0.1000. The molecule has 3 rings (SSSR count). The van der Waals surface area contributed by atoms with Gasteiger partial charge in [-0.2, -0.15) is 5.26 Å². The Morgan fingerprint density at radius 1 is 1.30 bits per heavy atom. The number of amides is 1. The van der Waals surface area contributed by atoms with Crippen LogP contribution in [0.2, 0.25) is 0 Å². The lowest BCUT2D eigenvalue weighted by Gasteiger charge is -2.15. The number of aromatic nitrogens is 5. The van der Waals surface area contributed by atoms with Gasteiger partial charge in [0.2, 0.25) is 5.82 Å². The zero-order valence-electron chi connectivity index (χ0n) is 18.4. The summed E-state index contributed by atoms with van der Waals surface area (Å²) in [7, 11) is 3.26. The molecule has 3 aromatic heterocycles. The molecule has 0 unspecified atom stereocenters. The maximum atomic E-state index is 12.1. The van der Waals surface area contributed by atoms with Crippen molar-refractivity contribution in [2.24, 2.45) is 16.0 Å². The molecule has 13 nitrogen and oxygen atoms in total. The number of pyridine rings is 1. The van der Waals surface area contributed by atoms with Crippen molar-refractivity contribution in [1.29, 1.82) is 5.26 Å². The Kier molecular flexibility index (Phi) is 7.55. The summed E-state index contributed by atoms with van der Waals surface area (Å²) in [6, 6.07) is 3.69. The van der Waals surface area contributed by atoms with Crippen LogP contribution in [-0.2, 0) is 4.74 Å². The Morgan fingerprint density at radius 2 is 2.06 bits per heavy atom. The molecule has 3 heterocycles. The molecule has 0 spiro atoms. The molecule has 3 aromatic rings. The summed E-state index contributed by atoms with van der Waals surface area (Å²) in [6.07, 6.45) is 5.29. The number of methoxy groups -OCH3 is 1. The van der Waals surface area contributed by atoms with E-state index in [1.165, 1.54) is 10.9 Å². The molecule has 0 atom stereocenters. The smallest absolute Gasteiger partial charge is 0.252 e. The van der Waals surface area contributed by atoms with Crippen LogP contribution in [0.4, 0.5) is 23.1 Å². The highest BCUT2D eigenvalue weighted by atomic mass is 16.5. The summed E-state index contributed by atoms with van der Waals surface area (Å²) in [5.41, 5.74) is 6.71. The highest BCUT2D eigenvalue weighted by molar-refractivity contribution is 6.01. The van der Waals surface area contributed by atoms with E-state index in [2.05, 4.69) is 40.9 Å². The second-order valence-corrected chi connectivity index (χ2v) is 6.72. The summed E-state index contributed by atoms with van der Waals surface area (Å²) in [4.78, 5) is 24.7. The maximum Gasteiger partial charge on any atom is 0.252 e. The van der Waals surface area contributed by atoms with Gasteiger partial charge < -0.3 is 21.1 Å². The van der Waals surface area contributed by atoms with Gasteiger partial charge in [-0.05, 0) is 25.0 Å². The monoisotopic (exact) mass is 449 g/mol. The van der Waals surface area contributed by atoms with Crippen molar-refractivity contribution >= 4 is 29.0 Å². The molecule has 0 aliphatic heterocycles. The van der Waals surface area contributed by atoms with Crippen molar-refractivity contribution in [2.75, 3.05) is 37.9 Å². The van der Waals surface area contributed by atoms with Crippen LogP contribution in [0, 0.1) is 18.3 Å². The molecule has 4 N–H and O–H groups in total. The third-order valence-corrected chi connectivity index (χ3v) is 4.53. The van der Waals surface area contributed by atoms with E-state index in [4.69, 9.17) is 10.5 Å². The maximum absolute atomic E-state index is 12.1. The first-order valence-corrected chi connectivity index (χ1v) is 9.94. The van der Waals surface area contributed by atoms with E-state index in [1.807, 2.05) is 6.07 Å². The number of carbonyl (C=O) groups is 1. The van der Waals surface area contributed by atoms with Gasteiger partial charge in [0.05, 0.1) is 11.8 Å². The summed E-state index contributed by atoms with van der Waals surface area (Å²) in [6.45, 7) is 2.80. The number of ether oxygens (including phenoxy) is 1. The number of hydrogen-bond acceptors (Lipinski definition) is 11. The zero-order chi connectivity index (χ0) is 23.8. The molecule has 0 aliphatic rings. The molecule has 0 aromatic carbocycles. The largest absolute Gasteiger partial charge is 0.385 e. The summed E-state index contributed by atoms with van der Waals surface area (Å²) >= 11 is 0. The third-order valence-electron chi connectivity index (χ3n) is 4.53.